The van der Waals surface area contributed by atoms with Gasteiger partial charge in [0.05, 0.1) is 6.42 Å². The molecule has 1 aliphatic rings. The summed E-state index contributed by atoms with van der Waals surface area (Å²) in [5.41, 5.74) is 2.03. The molecule has 0 saturated heterocycles. The Bertz CT molecular complexity index is 1250. The summed E-state index contributed by atoms with van der Waals surface area (Å²) in [5.74, 6) is 1.00. The summed E-state index contributed by atoms with van der Waals surface area (Å²) in [6.07, 6.45) is 2.98. The van der Waals surface area contributed by atoms with Crippen LogP contribution in [-0.4, -0.2) is 37.6 Å². The van der Waals surface area contributed by atoms with Gasteiger partial charge < -0.3 is 15.7 Å². The molecule has 10 heteroatoms. The van der Waals surface area contributed by atoms with E-state index in [1.807, 2.05) is 60.7 Å². The average Bonchev–Trinajstić information content (AvgIpc) is 3.18. The lowest BCUT2D eigenvalue weighted by molar-refractivity contribution is -0.115. The first-order valence-electron chi connectivity index (χ1n) is 11.6. The summed E-state index contributed by atoms with van der Waals surface area (Å²) < 4.78 is 0. The zero-order chi connectivity index (χ0) is 24.0. The maximum atomic E-state index is 12.2. The van der Waals surface area contributed by atoms with E-state index in [1.165, 1.54) is 22.7 Å². The molecule has 1 fully saturated rings. The van der Waals surface area contributed by atoms with Crippen molar-refractivity contribution in [2.24, 2.45) is 11.8 Å². The van der Waals surface area contributed by atoms with Crippen molar-refractivity contribution in [3.63, 3.8) is 0 Å². The van der Waals surface area contributed by atoms with Crippen LogP contribution in [0.2, 0.25) is 0 Å². The molecule has 5 rings (SSSR count). The minimum atomic E-state index is -0.702. The highest BCUT2D eigenvalue weighted by molar-refractivity contribution is 7.15. The van der Waals surface area contributed by atoms with E-state index < -0.39 is 6.23 Å². The molecule has 2 heterocycles. The predicted molar refractivity (Wildman–Crippen MR) is 137 cm³/mol. The first-order valence-corrected chi connectivity index (χ1v) is 13.2. The van der Waals surface area contributed by atoms with E-state index in [9.17, 15) is 9.90 Å². The van der Waals surface area contributed by atoms with Gasteiger partial charge in [0.25, 0.3) is 0 Å². The van der Waals surface area contributed by atoms with Crippen LogP contribution in [0.4, 0.5) is 10.3 Å². The van der Waals surface area contributed by atoms with Gasteiger partial charge in [-0.15, -0.1) is 20.4 Å². The van der Waals surface area contributed by atoms with Gasteiger partial charge in [0, 0.05) is 19.3 Å². The van der Waals surface area contributed by atoms with E-state index >= 15 is 0 Å². The molecule has 2 aromatic carbocycles. The fraction of sp³-hybridized carbons (Fsp3) is 0.320. The number of hydrogen-bond donors (Lipinski definition) is 3. The number of anilines is 2. The standard InChI is InChI=1S/C25H26N6O2S2/c32-20(11-16-7-3-1-4-8-16)26-24-30-28-22(34-24)14-18-13-19(18)15-23-29-31-25(35-23)27-21(33)12-17-9-5-2-6-10-17/h1-10,18-20,32H,11-15H2,(H,26,30)(H,27,31,33). The molecule has 8 nitrogen and oxygen atoms in total. The molecule has 1 aliphatic carbocycles. The van der Waals surface area contributed by atoms with Crippen LogP contribution in [0, 0.1) is 11.8 Å². The SMILES string of the molecule is O=C(Cc1ccccc1)Nc1nnc(CC2CC2Cc2nnc(NC(O)Cc3ccccc3)s2)s1. The highest BCUT2D eigenvalue weighted by atomic mass is 32.1. The Morgan fingerprint density at radius 3 is 2.09 bits per heavy atom. The Balaban J connectivity index is 1.05. The molecule has 35 heavy (non-hydrogen) atoms. The molecule has 3 N–H and O–H groups in total. The number of aromatic nitrogens is 4. The second-order valence-electron chi connectivity index (χ2n) is 8.73. The van der Waals surface area contributed by atoms with E-state index in [-0.39, 0.29) is 5.91 Å². The van der Waals surface area contributed by atoms with Crippen molar-refractivity contribution >= 4 is 38.8 Å². The molecule has 3 unspecified atom stereocenters. The van der Waals surface area contributed by atoms with Crippen molar-refractivity contribution in [1.29, 1.82) is 0 Å². The van der Waals surface area contributed by atoms with Crippen LogP contribution in [0.1, 0.15) is 27.6 Å². The second kappa shape index (κ2) is 11.0. The van der Waals surface area contributed by atoms with Gasteiger partial charge in [-0.25, -0.2) is 0 Å². The van der Waals surface area contributed by atoms with Gasteiger partial charge in [0.15, 0.2) is 0 Å². The lowest BCUT2D eigenvalue weighted by atomic mass is 10.1. The number of aliphatic hydroxyl groups excluding tert-OH is 1. The van der Waals surface area contributed by atoms with Gasteiger partial charge in [0.1, 0.15) is 16.2 Å². The predicted octanol–water partition coefficient (Wildman–Crippen LogP) is 3.97. The first-order chi connectivity index (χ1) is 17.1. The summed E-state index contributed by atoms with van der Waals surface area (Å²) in [5, 5.41) is 36.1. The Morgan fingerprint density at radius 2 is 1.43 bits per heavy atom. The maximum absolute atomic E-state index is 12.2. The van der Waals surface area contributed by atoms with Crippen LogP contribution < -0.4 is 10.6 Å². The number of nitrogens with zero attached hydrogens (tertiary/aromatic N) is 4. The molecule has 180 valence electrons. The number of hydrogen-bond acceptors (Lipinski definition) is 9. The van der Waals surface area contributed by atoms with Gasteiger partial charge in [0.2, 0.25) is 16.2 Å². The molecule has 4 aromatic rings. The normalized spacial score (nSPS) is 17.6. The summed E-state index contributed by atoms with van der Waals surface area (Å²) in [6.45, 7) is 0. The zero-order valence-corrected chi connectivity index (χ0v) is 20.6. The topological polar surface area (TPSA) is 113 Å². The number of aliphatic hydroxyl groups is 1. The van der Waals surface area contributed by atoms with Gasteiger partial charge in [-0.3, -0.25) is 4.79 Å². The summed E-state index contributed by atoms with van der Waals surface area (Å²) in [6, 6.07) is 19.5. The number of benzene rings is 2. The third kappa shape index (κ3) is 6.91. The van der Waals surface area contributed by atoms with E-state index in [1.54, 1.807) is 0 Å². The second-order valence-corrected chi connectivity index (χ2v) is 10.9. The van der Waals surface area contributed by atoms with Crippen molar-refractivity contribution in [2.45, 2.75) is 38.3 Å². The van der Waals surface area contributed by atoms with E-state index in [0.717, 1.165) is 40.4 Å². The van der Waals surface area contributed by atoms with Gasteiger partial charge in [-0.05, 0) is 29.4 Å². The minimum Gasteiger partial charge on any atom is -0.373 e. The molecular formula is C25H26N6O2S2. The van der Waals surface area contributed by atoms with Crippen LogP contribution in [0.15, 0.2) is 60.7 Å². The van der Waals surface area contributed by atoms with E-state index in [4.69, 9.17) is 0 Å². The molecular weight excluding hydrogens is 480 g/mol. The van der Waals surface area contributed by atoms with Crippen LogP contribution in [0.3, 0.4) is 0 Å². The Labute approximate surface area is 211 Å². The van der Waals surface area contributed by atoms with Crippen molar-refractivity contribution < 1.29 is 9.90 Å². The molecule has 3 atom stereocenters. The maximum Gasteiger partial charge on any atom is 0.230 e. The van der Waals surface area contributed by atoms with Crippen molar-refractivity contribution in [3.05, 3.63) is 81.8 Å². The average molecular weight is 507 g/mol. The monoisotopic (exact) mass is 506 g/mol. The molecule has 0 aliphatic heterocycles. The van der Waals surface area contributed by atoms with Crippen molar-refractivity contribution in [2.75, 3.05) is 10.6 Å². The summed E-state index contributed by atoms with van der Waals surface area (Å²) >= 11 is 2.94. The largest absolute Gasteiger partial charge is 0.373 e. The number of amides is 1. The van der Waals surface area contributed by atoms with Crippen LogP contribution >= 0.6 is 22.7 Å². The number of carbonyl (C=O) groups excluding carboxylic acids is 1. The third-order valence-electron chi connectivity index (χ3n) is 5.89. The molecule has 0 bridgehead atoms. The molecule has 0 spiro atoms. The highest BCUT2D eigenvalue weighted by Crippen LogP contribution is 2.44. The number of rotatable bonds is 11. The van der Waals surface area contributed by atoms with Gasteiger partial charge >= 0.3 is 0 Å². The lowest BCUT2D eigenvalue weighted by Gasteiger charge is -2.11. The smallest absolute Gasteiger partial charge is 0.230 e. The fourth-order valence-corrected chi connectivity index (χ4v) is 5.74. The highest BCUT2D eigenvalue weighted by Gasteiger charge is 2.38. The van der Waals surface area contributed by atoms with E-state index in [0.29, 0.717) is 34.9 Å². The van der Waals surface area contributed by atoms with E-state index in [2.05, 4.69) is 31.0 Å². The number of carbonyl (C=O) groups is 1. The number of nitrogens with one attached hydrogen (secondary N) is 2. The minimum absolute atomic E-state index is 0.0854. The van der Waals surface area contributed by atoms with Crippen LogP contribution in [-0.2, 0) is 30.5 Å². The Kier molecular flexibility index (Phi) is 7.41. The van der Waals surface area contributed by atoms with Crippen LogP contribution in [0.25, 0.3) is 0 Å². The quantitative estimate of drug-likeness (QED) is 0.264. The Hall–Kier alpha value is -3.21. The molecule has 0 radical (unpaired) electrons. The molecule has 2 aromatic heterocycles. The van der Waals surface area contributed by atoms with Crippen LogP contribution in [0.5, 0.6) is 0 Å². The van der Waals surface area contributed by atoms with Gasteiger partial charge in [-0.1, -0.05) is 83.3 Å². The van der Waals surface area contributed by atoms with Crippen molar-refractivity contribution in [1.82, 2.24) is 20.4 Å². The first kappa shape index (κ1) is 23.5. The fourth-order valence-electron chi connectivity index (χ4n) is 4.02. The summed E-state index contributed by atoms with van der Waals surface area (Å²) in [4.78, 5) is 12.2. The lowest BCUT2D eigenvalue weighted by Crippen LogP contribution is -2.21. The molecule has 1 amide bonds. The zero-order valence-electron chi connectivity index (χ0n) is 19.0. The Morgan fingerprint density at radius 1 is 0.857 bits per heavy atom. The molecule has 1 saturated carbocycles. The van der Waals surface area contributed by atoms with Gasteiger partial charge in [-0.2, -0.15) is 0 Å². The summed E-state index contributed by atoms with van der Waals surface area (Å²) in [7, 11) is 0. The van der Waals surface area contributed by atoms with Crippen molar-refractivity contribution in [3.8, 4) is 0 Å². The third-order valence-corrected chi connectivity index (χ3v) is 7.63.